The molecule has 3 aromatic heterocycles. The number of pyridine rings is 1. The van der Waals surface area contributed by atoms with Crippen molar-refractivity contribution in [3.8, 4) is 17.3 Å². The molecule has 0 aliphatic carbocycles. The van der Waals surface area contributed by atoms with Gasteiger partial charge in [-0.3, -0.25) is 9.48 Å². The maximum atomic E-state index is 12.6. The number of carbonyl (C=O) groups is 1. The van der Waals surface area contributed by atoms with Gasteiger partial charge in [0.1, 0.15) is 11.4 Å². The van der Waals surface area contributed by atoms with Crippen molar-refractivity contribution in [2.75, 3.05) is 12.4 Å². The van der Waals surface area contributed by atoms with Crippen molar-refractivity contribution >= 4 is 11.7 Å². The van der Waals surface area contributed by atoms with Crippen molar-refractivity contribution < 1.29 is 9.53 Å². The van der Waals surface area contributed by atoms with Crippen molar-refractivity contribution in [2.24, 2.45) is 0 Å². The Balaban J connectivity index is 1.86. The molecule has 0 aromatic carbocycles. The Morgan fingerprint density at radius 2 is 2.15 bits per heavy atom. The van der Waals surface area contributed by atoms with Crippen LogP contribution in [0.2, 0.25) is 0 Å². The molecule has 0 bridgehead atoms. The van der Waals surface area contributed by atoms with Gasteiger partial charge in [0.2, 0.25) is 5.88 Å². The number of rotatable bonds is 6. The number of methoxy groups -OCH3 is 1. The fraction of sp³-hybridized carbons (Fsp3) is 0.333. The number of nitrogens with zero attached hydrogens (tertiary/aromatic N) is 5. The minimum atomic E-state index is -0.316. The fourth-order valence-electron chi connectivity index (χ4n) is 2.62. The molecule has 0 radical (unpaired) electrons. The lowest BCUT2D eigenvalue weighted by atomic mass is 10.2. The van der Waals surface area contributed by atoms with Gasteiger partial charge in [-0.25, -0.2) is 9.97 Å². The average molecular weight is 354 g/mol. The summed E-state index contributed by atoms with van der Waals surface area (Å²) in [4.78, 5) is 21.3. The number of hydrogen-bond acceptors (Lipinski definition) is 5. The van der Waals surface area contributed by atoms with E-state index >= 15 is 0 Å². The van der Waals surface area contributed by atoms with Gasteiger partial charge in [-0.05, 0) is 32.9 Å². The van der Waals surface area contributed by atoms with Crippen LogP contribution in [0.25, 0.3) is 11.4 Å². The van der Waals surface area contributed by atoms with E-state index in [-0.39, 0.29) is 11.9 Å². The monoisotopic (exact) mass is 354 g/mol. The normalized spacial score (nSPS) is 11.0. The van der Waals surface area contributed by atoms with Crippen molar-refractivity contribution in [3.63, 3.8) is 0 Å². The van der Waals surface area contributed by atoms with Gasteiger partial charge in [0.25, 0.3) is 5.91 Å². The third-order valence-electron chi connectivity index (χ3n) is 3.97. The second-order valence-corrected chi connectivity index (χ2v) is 6.05. The van der Waals surface area contributed by atoms with Crippen LogP contribution < -0.4 is 10.1 Å². The van der Waals surface area contributed by atoms with E-state index in [1.165, 1.54) is 7.11 Å². The highest BCUT2D eigenvalue weighted by atomic mass is 16.5. The minimum absolute atomic E-state index is 0.261. The molecule has 3 rings (SSSR count). The van der Waals surface area contributed by atoms with Crippen LogP contribution in [0.3, 0.4) is 0 Å². The molecule has 0 aliphatic heterocycles. The first-order valence-electron chi connectivity index (χ1n) is 8.45. The Morgan fingerprint density at radius 1 is 1.35 bits per heavy atom. The Kier molecular flexibility index (Phi) is 5.01. The van der Waals surface area contributed by atoms with Crippen molar-refractivity contribution in [1.82, 2.24) is 24.3 Å². The topological polar surface area (TPSA) is 86.9 Å². The predicted octanol–water partition coefficient (Wildman–Crippen LogP) is 3.00. The van der Waals surface area contributed by atoms with Gasteiger partial charge in [-0.2, -0.15) is 0 Å². The van der Waals surface area contributed by atoms with Crippen LogP contribution >= 0.6 is 0 Å². The Morgan fingerprint density at radius 3 is 2.85 bits per heavy atom. The largest absolute Gasteiger partial charge is 0.479 e. The molecule has 8 heteroatoms. The molecule has 0 saturated heterocycles. The second kappa shape index (κ2) is 7.38. The SMILES string of the molecule is CCn1cc(C(=O)Nc2cccc(-c3cncn3C(C)C)n2)c(OC)n1. The standard InChI is InChI=1S/C18H22N6O2/c1-5-23-10-13(18(22-23)26-4)17(25)21-16-8-6-7-14(20-16)15-9-19-11-24(15)12(2)3/h6-12H,5H2,1-4H3,(H,20,21,25). The molecule has 1 amide bonds. The molecule has 0 aliphatic rings. The molecule has 3 heterocycles. The molecule has 0 saturated carbocycles. The van der Waals surface area contributed by atoms with Crippen molar-refractivity contribution in [3.05, 3.63) is 42.5 Å². The molecule has 0 spiro atoms. The van der Waals surface area contributed by atoms with Crippen LogP contribution in [0.1, 0.15) is 37.2 Å². The maximum Gasteiger partial charge on any atom is 0.263 e. The van der Waals surface area contributed by atoms with E-state index in [4.69, 9.17) is 4.74 Å². The van der Waals surface area contributed by atoms with E-state index in [1.54, 1.807) is 29.5 Å². The van der Waals surface area contributed by atoms with E-state index in [0.717, 1.165) is 11.4 Å². The zero-order valence-electron chi connectivity index (χ0n) is 15.3. The summed E-state index contributed by atoms with van der Waals surface area (Å²) in [6.45, 7) is 6.75. The Labute approximate surface area is 151 Å². The van der Waals surface area contributed by atoms with Crippen molar-refractivity contribution in [1.29, 1.82) is 0 Å². The van der Waals surface area contributed by atoms with Gasteiger partial charge >= 0.3 is 0 Å². The third kappa shape index (κ3) is 3.44. The molecule has 3 aromatic rings. The number of aryl methyl sites for hydroxylation is 1. The number of nitrogens with one attached hydrogen (secondary N) is 1. The van der Waals surface area contributed by atoms with Crippen LogP contribution in [-0.2, 0) is 6.54 Å². The number of amides is 1. The smallest absolute Gasteiger partial charge is 0.263 e. The number of anilines is 1. The predicted molar refractivity (Wildman–Crippen MR) is 98.2 cm³/mol. The number of hydrogen-bond donors (Lipinski definition) is 1. The number of carbonyl (C=O) groups excluding carboxylic acids is 1. The van der Waals surface area contributed by atoms with Crippen molar-refractivity contribution in [2.45, 2.75) is 33.4 Å². The first kappa shape index (κ1) is 17.7. The van der Waals surface area contributed by atoms with Crippen LogP contribution in [0.5, 0.6) is 5.88 Å². The summed E-state index contributed by atoms with van der Waals surface area (Å²) in [7, 11) is 1.49. The summed E-state index contributed by atoms with van der Waals surface area (Å²) >= 11 is 0. The van der Waals surface area contributed by atoms with Gasteiger partial charge in [0.05, 0.1) is 31.0 Å². The molecule has 1 N–H and O–H groups in total. The minimum Gasteiger partial charge on any atom is -0.479 e. The summed E-state index contributed by atoms with van der Waals surface area (Å²) in [6, 6.07) is 5.74. The number of aromatic nitrogens is 5. The molecule has 136 valence electrons. The highest BCUT2D eigenvalue weighted by molar-refractivity contribution is 6.05. The quantitative estimate of drug-likeness (QED) is 0.735. The molecule has 8 nitrogen and oxygen atoms in total. The number of imidazole rings is 1. The van der Waals surface area contributed by atoms with E-state index in [1.807, 2.05) is 23.6 Å². The average Bonchev–Trinajstić information content (AvgIpc) is 3.28. The Bertz CT molecular complexity index is 912. The summed E-state index contributed by atoms with van der Waals surface area (Å²) < 4.78 is 8.87. The maximum absolute atomic E-state index is 12.6. The number of ether oxygens (including phenoxy) is 1. The van der Waals surface area contributed by atoms with E-state index < -0.39 is 0 Å². The highest BCUT2D eigenvalue weighted by Gasteiger charge is 2.18. The lowest BCUT2D eigenvalue weighted by Gasteiger charge is -2.12. The fourth-order valence-corrected chi connectivity index (χ4v) is 2.62. The third-order valence-corrected chi connectivity index (χ3v) is 3.97. The van der Waals surface area contributed by atoms with Gasteiger partial charge < -0.3 is 14.6 Å². The van der Waals surface area contributed by atoms with Gasteiger partial charge in [-0.15, -0.1) is 5.10 Å². The van der Waals surface area contributed by atoms with Gasteiger partial charge in [0, 0.05) is 18.8 Å². The summed E-state index contributed by atoms with van der Waals surface area (Å²) in [5.41, 5.74) is 2.01. The summed E-state index contributed by atoms with van der Waals surface area (Å²) in [6.07, 6.45) is 5.20. The molecule has 0 fully saturated rings. The molecule has 0 atom stereocenters. The van der Waals surface area contributed by atoms with Crippen LogP contribution in [0.15, 0.2) is 36.9 Å². The highest BCUT2D eigenvalue weighted by Crippen LogP contribution is 2.23. The molecular weight excluding hydrogens is 332 g/mol. The van der Waals surface area contributed by atoms with E-state index in [0.29, 0.717) is 23.8 Å². The molecular formula is C18H22N6O2. The first-order valence-corrected chi connectivity index (χ1v) is 8.45. The van der Waals surface area contributed by atoms with E-state index in [9.17, 15) is 4.79 Å². The zero-order chi connectivity index (χ0) is 18.7. The first-order chi connectivity index (χ1) is 12.5. The second-order valence-electron chi connectivity index (χ2n) is 6.05. The van der Waals surface area contributed by atoms with Crippen LogP contribution in [0.4, 0.5) is 5.82 Å². The lowest BCUT2D eigenvalue weighted by molar-refractivity contribution is 0.102. The van der Waals surface area contributed by atoms with Crippen LogP contribution in [-0.4, -0.2) is 37.3 Å². The summed E-state index contributed by atoms with van der Waals surface area (Å²) in [5, 5.41) is 7.01. The molecule has 0 unspecified atom stereocenters. The Hall–Kier alpha value is -3.16. The lowest BCUT2D eigenvalue weighted by Crippen LogP contribution is -2.13. The van der Waals surface area contributed by atoms with E-state index in [2.05, 4.69) is 34.2 Å². The van der Waals surface area contributed by atoms with Crippen LogP contribution in [0, 0.1) is 0 Å². The van der Waals surface area contributed by atoms with Gasteiger partial charge in [0.15, 0.2) is 0 Å². The molecule has 26 heavy (non-hydrogen) atoms. The van der Waals surface area contributed by atoms with Gasteiger partial charge in [-0.1, -0.05) is 6.07 Å². The summed E-state index contributed by atoms with van der Waals surface area (Å²) in [5.74, 6) is 0.428. The zero-order valence-corrected chi connectivity index (χ0v) is 15.3.